The third kappa shape index (κ3) is 2.97. The Hall–Kier alpha value is -1.10. The van der Waals surface area contributed by atoms with Gasteiger partial charge in [-0.3, -0.25) is 0 Å². The quantitative estimate of drug-likeness (QED) is 0.760. The van der Waals surface area contributed by atoms with Crippen LogP contribution in [0.15, 0.2) is 0 Å². The predicted octanol–water partition coefficient (Wildman–Crippen LogP) is 2.86. The number of rotatable bonds is 5. The van der Waals surface area contributed by atoms with Gasteiger partial charge in [-0.1, -0.05) is 18.3 Å². The van der Waals surface area contributed by atoms with Gasteiger partial charge in [-0.15, -0.1) is 0 Å². The lowest BCUT2D eigenvalue weighted by molar-refractivity contribution is 0.0605. The molecule has 96 valence electrons. The monoisotopic (exact) mass is 256 g/mol. The molecule has 0 aliphatic rings. The molecule has 17 heavy (non-hydrogen) atoms. The van der Waals surface area contributed by atoms with E-state index in [0.717, 1.165) is 23.8 Å². The normalized spacial score (nSPS) is 12.3. The first-order valence-electron chi connectivity index (χ1n) is 5.87. The van der Waals surface area contributed by atoms with Gasteiger partial charge in [0.2, 0.25) is 0 Å². The van der Waals surface area contributed by atoms with Crippen molar-refractivity contribution < 1.29 is 9.53 Å². The van der Waals surface area contributed by atoms with Crippen molar-refractivity contribution in [2.24, 2.45) is 0 Å². The Labute approximate surface area is 107 Å². The summed E-state index contributed by atoms with van der Waals surface area (Å²) in [6, 6.07) is 0.427. The number of carbonyl (C=O) groups is 1. The zero-order valence-corrected chi connectivity index (χ0v) is 11.9. The topological polar surface area (TPSA) is 42.4 Å². The first kappa shape index (κ1) is 14.0. The average Bonchev–Trinajstić information content (AvgIpc) is 2.70. The Bertz CT molecular complexity index is 390. The van der Waals surface area contributed by atoms with Crippen molar-refractivity contribution >= 4 is 22.4 Å². The summed E-state index contributed by atoms with van der Waals surface area (Å²) >= 11 is 1.41. The number of aromatic nitrogens is 1. The molecule has 0 fully saturated rings. The molecular weight excluding hydrogens is 236 g/mol. The Balaban J connectivity index is 3.02. The van der Waals surface area contributed by atoms with Gasteiger partial charge in [-0.25, -0.2) is 9.78 Å². The van der Waals surface area contributed by atoms with Crippen molar-refractivity contribution in [3.05, 3.63) is 10.6 Å². The minimum absolute atomic E-state index is 0.300. The third-order valence-corrected chi connectivity index (χ3v) is 4.04. The SMILES string of the molecule is CCC(C)N(CC)c1nc(C)c(C(=O)OC)s1. The molecule has 0 amide bonds. The van der Waals surface area contributed by atoms with Crippen LogP contribution in [0.5, 0.6) is 0 Å². The number of esters is 1. The molecule has 0 radical (unpaired) electrons. The Morgan fingerprint density at radius 1 is 1.53 bits per heavy atom. The van der Waals surface area contributed by atoms with Crippen LogP contribution in [0.1, 0.15) is 42.6 Å². The number of aryl methyl sites for hydroxylation is 1. The maximum atomic E-state index is 11.5. The fraction of sp³-hybridized carbons (Fsp3) is 0.667. The van der Waals surface area contributed by atoms with Gasteiger partial charge in [0.05, 0.1) is 12.8 Å². The van der Waals surface area contributed by atoms with E-state index in [4.69, 9.17) is 4.74 Å². The predicted molar refractivity (Wildman–Crippen MR) is 71.0 cm³/mol. The second-order valence-corrected chi connectivity index (χ2v) is 4.92. The maximum absolute atomic E-state index is 11.5. The number of methoxy groups -OCH3 is 1. The maximum Gasteiger partial charge on any atom is 0.350 e. The van der Waals surface area contributed by atoms with E-state index >= 15 is 0 Å². The fourth-order valence-electron chi connectivity index (χ4n) is 1.64. The van der Waals surface area contributed by atoms with Crippen LogP contribution < -0.4 is 4.90 Å². The zero-order chi connectivity index (χ0) is 13.0. The number of hydrogen-bond donors (Lipinski definition) is 0. The molecule has 5 heteroatoms. The molecule has 0 N–H and O–H groups in total. The highest BCUT2D eigenvalue weighted by molar-refractivity contribution is 7.17. The van der Waals surface area contributed by atoms with Gasteiger partial charge in [-0.05, 0) is 27.2 Å². The molecule has 0 saturated carbocycles. The minimum atomic E-state index is -0.300. The molecule has 0 bridgehead atoms. The number of ether oxygens (including phenoxy) is 1. The van der Waals surface area contributed by atoms with E-state index in [1.54, 1.807) is 0 Å². The van der Waals surface area contributed by atoms with E-state index in [0.29, 0.717) is 10.9 Å². The smallest absolute Gasteiger partial charge is 0.350 e. The van der Waals surface area contributed by atoms with E-state index in [-0.39, 0.29) is 5.97 Å². The standard InChI is InChI=1S/C12H20N2O2S/c1-6-8(3)14(7-2)12-13-9(4)10(17-12)11(15)16-5/h8H,6-7H2,1-5H3. The summed E-state index contributed by atoms with van der Waals surface area (Å²) in [5.41, 5.74) is 0.749. The van der Waals surface area contributed by atoms with Crippen LogP contribution in [-0.2, 0) is 4.74 Å². The number of hydrogen-bond acceptors (Lipinski definition) is 5. The molecule has 1 heterocycles. The van der Waals surface area contributed by atoms with Crippen molar-refractivity contribution in [1.29, 1.82) is 0 Å². The minimum Gasteiger partial charge on any atom is -0.465 e. The molecule has 4 nitrogen and oxygen atoms in total. The first-order chi connectivity index (χ1) is 8.04. The molecule has 1 aromatic heterocycles. The van der Waals surface area contributed by atoms with Gasteiger partial charge in [0.15, 0.2) is 5.13 Å². The molecule has 1 unspecified atom stereocenters. The summed E-state index contributed by atoms with van der Waals surface area (Å²) in [5.74, 6) is -0.300. The van der Waals surface area contributed by atoms with Crippen molar-refractivity contribution in [3.63, 3.8) is 0 Å². The summed E-state index contributed by atoms with van der Waals surface area (Å²) in [6.45, 7) is 9.15. The van der Waals surface area contributed by atoms with Crippen LogP contribution in [-0.4, -0.2) is 30.6 Å². The van der Waals surface area contributed by atoms with Gasteiger partial charge in [0.1, 0.15) is 4.88 Å². The van der Waals surface area contributed by atoms with Crippen LogP contribution >= 0.6 is 11.3 Å². The van der Waals surface area contributed by atoms with Crippen molar-refractivity contribution in [3.8, 4) is 0 Å². The molecule has 1 rings (SSSR count). The lowest BCUT2D eigenvalue weighted by Gasteiger charge is -2.26. The second kappa shape index (κ2) is 6.00. The number of carbonyl (C=O) groups excluding carboxylic acids is 1. The first-order valence-corrected chi connectivity index (χ1v) is 6.69. The Kier molecular flexibility index (Phi) is 4.93. The van der Waals surface area contributed by atoms with E-state index in [1.807, 2.05) is 6.92 Å². The lowest BCUT2D eigenvalue weighted by atomic mass is 10.2. The van der Waals surface area contributed by atoms with E-state index in [1.165, 1.54) is 18.4 Å². The highest BCUT2D eigenvalue weighted by atomic mass is 32.1. The van der Waals surface area contributed by atoms with Crippen molar-refractivity contribution in [2.45, 2.75) is 40.2 Å². The number of thiazole rings is 1. The van der Waals surface area contributed by atoms with E-state index < -0.39 is 0 Å². The van der Waals surface area contributed by atoms with Crippen LogP contribution in [0.25, 0.3) is 0 Å². The van der Waals surface area contributed by atoms with Gasteiger partial charge >= 0.3 is 5.97 Å². The summed E-state index contributed by atoms with van der Waals surface area (Å²) < 4.78 is 4.74. The van der Waals surface area contributed by atoms with Crippen LogP contribution in [0.2, 0.25) is 0 Å². The molecule has 0 aliphatic carbocycles. The summed E-state index contributed by atoms with van der Waals surface area (Å²) in [4.78, 5) is 18.8. The van der Waals surface area contributed by atoms with Crippen molar-refractivity contribution in [2.75, 3.05) is 18.6 Å². The molecule has 1 atom stereocenters. The summed E-state index contributed by atoms with van der Waals surface area (Å²) in [6.07, 6.45) is 1.06. The Morgan fingerprint density at radius 3 is 2.65 bits per heavy atom. The van der Waals surface area contributed by atoms with Gasteiger partial charge in [0, 0.05) is 12.6 Å². The van der Waals surface area contributed by atoms with Gasteiger partial charge in [-0.2, -0.15) is 0 Å². The second-order valence-electron chi connectivity index (χ2n) is 3.95. The van der Waals surface area contributed by atoms with E-state index in [2.05, 4.69) is 30.7 Å². The van der Waals surface area contributed by atoms with Crippen LogP contribution in [0, 0.1) is 6.92 Å². The molecular formula is C12H20N2O2S. The summed E-state index contributed by atoms with van der Waals surface area (Å²) in [5, 5.41) is 0.903. The summed E-state index contributed by atoms with van der Waals surface area (Å²) in [7, 11) is 1.40. The van der Waals surface area contributed by atoms with Crippen LogP contribution in [0.3, 0.4) is 0 Å². The fourth-order valence-corrected chi connectivity index (χ4v) is 2.79. The highest BCUT2D eigenvalue weighted by Gasteiger charge is 2.20. The number of anilines is 1. The van der Waals surface area contributed by atoms with Gasteiger partial charge < -0.3 is 9.64 Å². The molecule has 0 aromatic carbocycles. The highest BCUT2D eigenvalue weighted by Crippen LogP contribution is 2.28. The van der Waals surface area contributed by atoms with E-state index in [9.17, 15) is 4.79 Å². The number of nitrogens with zero attached hydrogens (tertiary/aromatic N) is 2. The van der Waals surface area contributed by atoms with Crippen LogP contribution in [0.4, 0.5) is 5.13 Å². The molecule has 1 aromatic rings. The zero-order valence-electron chi connectivity index (χ0n) is 11.1. The largest absolute Gasteiger partial charge is 0.465 e. The third-order valence-electron chi connectivity index (χ3n) is 2.87. The average molecular weight is 256 g/mol. The molecule has 0 aliphatic heterocycles. The van der Waals surface area contributed by atoms with Gasteiger partial charge in [0.25, 0.3) is 0 Å². The van der Waals surface area contributed by atoms with Crippen molar-refractivity contribution in [1.82, 2.24) is 4.98 Å². The molecule has 0 saturated heterocycles. The molecule has 0 spiro atoms. The Morgan fingerprint density at radius 2 is 2.18 bits per heavy atom. The lowest BCUT2D eigenvalue weighted by Crippen LogP contribution is -2.32.